The lowest BCUT2D eigenvalue weighted by atomic mass is 10.1. The number of likely N-dealkylation sites (N-methyl/N-ethyl adjacent to an activating group) is 1. The van der Waals surface area contributed by atoms with Crippen molar-refractivity contribution in [2.24, 2.45) is 0 Å². The summed E-state index contributed by atoms with van der Waals surface area (Å²) >= 11 is 24.7. The molecule has 0 aromatic heterocycles. The number of carbonyl (C=O) groups is 2. The molecule has 1 atom stereocenters. The minimum absolute atomic E-state index is 0.0209. The third kappa shape index (κ3) is 6.20. The van der Waals surface area contributed by atoms with Crippen LogP contribution in [0, 0.1) is 0 Å². The third-order valence-corrected chi connectivity index (χ3v) is 7.33. The van der Waals surface area contributed by atoms with Gasteiger partial charge in [0, 0.05) is 29.2 Å². The maximum atomic E-state index is 13.3. The first kappa shape index (κ1) is 26.5. The number of carbonyl (C=O) groups excluding carboxylic acids is 2. The highest BCUT2D eigenvalue weighted by Crippen LogP contribution is 2.34. The van der Waals surface area contributed by atoms with Gasteiger partial charge >= 0.3 is 0 Å². The third-order valence-electron chi connectivity index (χ3n) is 4.68. The van der Waals surface area contributed by atoms with Crippen LogP contribution in [-0.4, -0.2) is 51.0 Å². The molecule has 174 valence electrons. The Kier molecular flexibility index (Phi) is 9.07. The van der Waals surface area contributed by atoms with Crippen LogP contribution < -0.4 is 9.62 Å². The summed E-state index contributed by atoms with van der Waals surface area (Å²) in [6, 6.07) is 8.34. The number of hydrogen-bond donors (Lipinski definition) is 1. The molecule has 0 aliphatic rings. The first-order valence-electron chi connectivity index (χ1n) is 9.24. The largest absolute Gasteiger partial charge is 0.357 e. The number of benzene rings is 2. The van der Waals surface area contributed by atoms with Crippen molar-refractivity contribution >= 4 is 73.9 Å². The molecular weight excluding hydrogens is 520 g/mol. The Labute approximate surface area is 207 Å². The predicted molar refractivity (Wildman–Crippen MR) is 129 cm³/mol. The molecule has 0 aliphatic carbocycles. The second-order valence-corrected chi connectivity index (χ2v) is 10.4. The summed E-state index contributed by atoms with van der Waals surface area (Å²) in [4.78, 5) is 26.9. The molecule has 12 heteroatoms. The van der Waals surface area contributed by atoms with E-state index in [-0.39, 0.29) is 22.3 Å². The Morgan fingerprint density at radius 1 is 1.00 bits per heavy atom. The molecule has 2 aromatic rings. The summed E-state index contributed by atoms with van der Waals surface area (Å²) in [5.41, 5.74) is 0.463. The van der Waals surface area contributed by atoms with E-state index in [1.165, 1.54) is 37.1 Å². The van der Waals surface area contributed by atoms with E-state index in [0.717, 1.165) is 10.6 Å². The molecule has 0 spiro atoms. The minimum Gasteiger partial charge on any atom is -0.357 e. The standard InChI is InChI=1S/C20H21Cl4N3O4S/c1-12(20(29)25-2)26(10-13-14(21)6-4-7-15(13)22)18(28)11-27(32(3,30)31)17-9-5-8-16(23)19(17)24/h4-9,12H,10-11H2,1-3H3,(H,25,29)/t12-/m0/s1. The van der Waals surface area contributed by atoms with Crippen LogP contribution in [0.1, 0.15) is 12.5 Å². The number of anilines is 1. The monoisotopic (exact) mass is 539 g/mol. The van der Waals surface area contributed by atoms with Crippen molar-refractivity contribution in [1.82, 2.24) is 10.2 Å². The second-order valence-electron chi connectivity index (χ2n) is 6.85. The molecule has 0 bridgehead atoms. The summed E-state index contributed by atoms with van der Waals surface area (Å²) in [6.45, 7) is 0.772. The van der Waals surface area contributed by atoms with Crippen molar-refractivity contribution in [2.45, 2.75) is 19.5 Å². The van der Waals surface area contributed by atoms with Crippen LogP contribution in [0.25, 0.3) is 0 Å². The van der Waals surface area contributed by atoms with E-state index in [2.05, 4.69) is 5.32 Å². The zero-order chi connectivity index (χ0) is 24.2. The molecule has 0 fully saturated rings. The second kappa shape index (κ2) is 10.9. The molecule has 2 amide bonds. The van der Waals surface area contributed by atoms with Gasteiger partial charge < -0.3 is 10.2 Å². The van der Waals surface area contributed by atoms with E-state index >= 15 is 0 Å². The number of rotatable bonds is 8. The molecule has 0 heterocycles. The summed E-state index contributed by atoms with van der Waals surface area (Å²) in [5.74, 6) is -1.12. The van der Waals surface area contributed by atoms with Gasteiger partial charge in [-0.1, -0.05) is 58.5 Å². The quantitative estimate of drug-likeness (QED) is 0.542. The van der Waals surface area contributed by atoms with Crippen LogP contribution in [-0.2, 0) is 26.2 Å². The normalized spacial score (nSPS) is 12.2. The van der Waals surface area contributed by atoms with Crippen LogP contribution in [0.15, 0.2) is 36.4 Å². The van der Waals surface area contributed by atoms with Crippen molar-refractivity contribution in [3.63, 3.8) is 0 Å². The van der Waals surface area contributed by atoms with Gasteiger partial charge in [0.1, 0.15) is 12.6 Å². The Balaban J connectivity index is 2.49. The topological polar surface area (TPSA) is 86.8 Å². The molecule has 0 aliphatic heterocycles. The average molecular weight is 541 g/mol. The average Bonchev–Trinajstić information content (AvgIpc) is 2.72. The van der Waals surface area contributed by atoms with Crippen molar-refractivity contribution in [2.75, 3.05) is 24.2 Å². The van der Waals surface area contributed by atoms with Gasteiger partial charge in [-0.15, -0.1) is 0 Å². The number of sulfonamides is 1. The fourth-order valence-electron chi connectivity index (χ4n) is 2.93. The summed E-state index contributed by atoms with van der Waals surface area (Å²) in [7, 11) is -2.51. The van der Waals surface area contributed by atoms with Crippen molar-refractivity contribution in [3.05, 3.63) is 62.1 Å². The van der Waals surface area contributed by atoms with Crippen molar-refractivity contribution in [3.8, 4) is 0 Å². The summed E-state index contributed by atoms with van der Waals surface area (Å²) in [5, 5.41) is 3.19. The van der Waals surface area contributed by atoms with Gasteiger partial charge in [0.2, 0.25) is 21.8 Å². The lowest BCUT2D eigenvalue weighted by Gasteiger charge is -2.32. The van der Waals surface area contributed by atoms with Crippen LogP contribution >= 0.6 is 46.4 Å². The number of nitrogens with one attached hydrogen (secondary N) is 1. The molecule has 32 heavy (non-hydrogen) atoms. The maximum absolute atomic E-state index is 13.3. The highest BCUT2D eigenvalue weighted by Gasteiger charge is 2.31. The lowest BCUT2D eigenvalue weighted by Crippen LogP contribution is -2.50. The van der Waals surface area contributed by atoms with Gasteiger partial charge in [-0.25, -0.2) is 8.42 Å². The molecule has 0 unspecified atom stereocenters. The van der Waals surface area contributed by atoms with E-state index in [1.54, 1.807) is 18.2 Å². The SMILES string of the molecule is CNC(=O)[C@H](C)N(Cc1c(Cl)cccc1Cl)C(=O)CN(c1cccc(Cl)c1Cl)S(C)(=O)=O. The Morgan fingerprint density at radius 2 is 1.53 bits per heavy atom. The number of halogens is 4. The Bertz CT molecular complexity index is 1110. The zero-order valence-corrected chi connectivity index (χ0v) is 21.2. The van der Waals surface area contributed by atoms with Crippen LogP contribution in [0.5, 0.6) is 0 Å². The molecule has 0 saturated carbocycles. The van der Waals surface area contributed by atoms with Crippen molar-refractivity contribution < 1.29 is 18.0 Å². The fraction of sp³-hybridized carbons (Fsp3) is 0.300. The molecule has 2 aromatic carbocycles. The van der Waals surface area contributed by atoms with Crippen LogP contribution in [0.4, 0.5) is 5.69 Å². The van der Waals surface area contributed by atoms with E-state index in [4.69, 9.17) is 46.4 Å². The van der Waals surface area contributed by atoms with Crippen LogP contribution in [0.3, 0.4) is 0 Å². The van der Waals surface area contributed by atoms with Gasteiger partial charge in [-0.05, 0) is 31.2 Å². The van der Waals surface area contributed by atoms with Gasteiger partial charge in [-0.3, -0.25) is 13.9 Å². The molecule has 0 saturated heterocycles. The van der Waals surface area contributed by atoms with Crippen molar-refractivity contribution in [1.29, 1.82) is 0 Å². The Morgan fingerprint density at radius 3 is 2.06 bits per heavy atom. The van der Waals surface area contributed by atoms with Gasteiger partial charge in [0.25, 0.3) is 0 Å². The van der Waals surface area contributed by atoms with Gasteiger partial charge in [0.05, 0.1) is 22.0 Å². The van der Waals surface area contributed by atoms with E-state index < -0.39 is 34.4 Å². The minimum atomic E-state index is -3.94. The van der Waals surface area contributed by atoms with Gasteiger partial charge in [0.15, 0.2) is 0 Å². The zero-order valence-electron chi connectivity index (χ0n) is 17.4. The summed E-state index contributed by atoms with van der Waals surface area (Å²) < 4.78 is 25.9. The number of amides is 2. The van der Waals surface area contributed by atoms with E-state index in [1.807, 2.05) is 0 Å². The molecular formula is C20H21Cl4N3O4S. The van der Waals surface area contributed by atoms with E-state index in [9.17, 15) is 18.0 Å². The summed E-state index contributed by atoms with van der Waals surface area (Å²) in [6.07, 6.45) is 0.939. The Hall–Kier alpha value is -1.71. The number of nitrogens with zero attached hydrogens (tertiary/aromatic N) is 2. The molecule has 1 N–H and O–H groups in total. The van der Waals surface area contributed by atoms with Gasteiger partial charge in [-0.2, -0.15) is 0 Å². The van der Waals surface area contributed by atoms with Crippen LogP contribution in [0.2, 0.25) is 20.1 Å². The number of hydrogen-bond acceptors (Lipinski definition) is 4. The first-order chi connectivity index (χ1) is 14.9. The first-order valence-corrected chi connectivity index (χ1v) is 12.6. The van der Waals surface area contributed by atoms with E-state index in [0.29, 0.717) is 15.6 Å². The molecule has 2 rings (SSSR count). The maximum Gasteiger partial charge on any atom is 0.244 e. The molecule has 0 radical (unpaired) electrons. The molecule has 7 nitrogen and oxygen atoms in total. The smallest absolute Gasteiger partial charge is 0.244 e. The fourth-order valence-corrected chi connectivity index (χ4v) is 4.74. The lowest BCUT2D eigenvalue weighted by molar-refractivity contribution is -0.139. The highest BCUT2D eigenvalue weighted by atomic mass is 35.5. The highest BCUT2D eigenvalue weighted by molar-refractivity contribution is 7.92. The predicted octanol–water partition coefficient (Wildman–Crippen LogP) is 4.23.